The van der Waals surface area contributed by atoms with Crippen LogP contribution in [0, 0.1) is 0 Å². The van der Waals surface area contributed by atoms with Gasteiger partial charge in [-0.2, -0.15) is 0 Å². The van der Waals surface area contributed by atoms with Crippen molar-refractivity contribution in [2.24, 2.45) is 0 Å². The molecule has 0 bridgehead atoms. The maximum Gasteiger partial charge on any atom is 0.247 e. The molecule has 0 atom stereocenters. The van der Waals surface area contributed by atoms with Crippen LogP contribution in [0.2, 0.25) is 6.04 Å². The zero-order chi connectivity index (χ0) is 13.5. The minimum atomic E-state index is -0.923. The Labute approximate surface area is 117 Å². The van der Waals surface area contributed by atoms with Gasteiger partial charge in [-0.05, 0) is 28.4 Å². The molecule has 2 aromatic carbocycles. The number of hydrogen-bond acceptors (Lipinski definition) is 2. The molecule has 19 heavy (non-hydrogen) atoms. The molecular formula is C16H21O2Si. The van der Waals surface area contributed by atoms with E-state index in [9.17, 15) is 0 Å². The fraction of sp³-hybridized carbons (Fsp3) is 0.375. The average Bonchev–Trinajstić information content (AvgIpc) is 2.47. The average molecular weight is 273 g/mol. The van der Waals surface area contributed by atoms with Gasteiger partial charge in [0.25, 0.3) is 0 Å². The first-order valence-corrected chi connectivity index (χ1v) is 8.44. The van der Waals surface area contributed by atoms with Crippen LogP contribution in [-0.4, -0.2) is 29.4 Å². The van der Waals surface area contributed by atoms with Crippen LogP contribution >= 0.6 is 0 Å². The Morgan fingerprint density at radius 2 is 1.79 bits per heavy atom. The molecule has 0 saturated carbocycles. The molecule has 0 aliphatic carbocycles. The number of hydrogen-bond donors (Lipinski definition) is 0. The molecule has 0 spiro atoms. The summed E-state index contributed by atoms with van der Waals surface area (Å²) in [5.41, 5.74) is 0. The predicted molar refractivity (Wildman–Crippen MR) is 82.3 cm³/mol. The zero-order valence-corrected chi connectivity index (χ0v) is 12.7. The van der Waals surface area contributed by atoms with Crippen molar-refractivity contribution in [2.45, 2.75) is 19.4 Å². The van der Waals surface area contributed by atoms with Crippen molar-refractivity contribution in [2.75, 3.05) is 20.3 Å². The fourth-order valence-electron chi connectivity index (χ4n) is 2.24. The van der Waals surface area contributed by atoms with Crippen molar-refractivity contribution in [1.82, 2.24) is 0 Å². The first kappa shape index (κ1) is 14.3. The van der Waals surface area contributed by atoms with Crippen molar-refractivity contribution in [3.8, 4) is 0 Å². The number of methoxy groups -OCH3 is 1. The molecule has 2 nitrogen and oxygen atoms in total. The molecule has 2 rings (SSSR count). The van der Waals surface area contributed by atoms with E-state index >= 15 is 0 Å². The maximum absolute atomic E-state index is 6.11. The molecule has 0 heterocycles. The van der Waals surface area contributed by atoms with Gasteiger partial charge in [-0.15, -0.1) is 0 Å². The molecule has 2 aromatic rings. The number of fused-ring (bicyclic) bond motifs is 1. The van der Waals surface area contributed by atoms with Gasteiger partial charge >= 0.3 is 0 Å². The van der Waals surface area contributed by atoms with Gasteiger partial charge in [0.2, 0.25) is 9.04 Å². The Hall–Kier alpha value is -1.16. The maximum atomic E-state index is 6.11. The van der Waals surface area contributed by atoms with E-state index in [1.165, 1.54) is 16.0 Å². The Bertz CT molecular complexity index is 508. The third-order valence-corrected chi connectivity index (χ3v) is 5.41. The monoisotopic (exact) mass is 273 g/mol. The third-order valence-electron chi connectivity index (χ3n) is 3.18. The van der Waals surface area contributed by atoms with Gasteiger partial charge in [0.1, 0.15) is 0 Å². The van der Waals surface area contributed by atoms with E-state index in [0.29, 0.717) is 0 Å². The first-order valence-electron chi connectivity index (χ1n) is 6.82. The fourth-order valence-corrected chi connectivity index (χ4v) is 4.18. The van der Waals surface area contributed by atoms with Gasteiger partial charge in [0, 0.05) is 20.3 Å². The molecule has 0 aliphatic rings. The molecule has 0 amide bonds. The highest BCUT2D eigenvalue weighted by Gasteiger charge is 2.16. The molecule has 101 valence electrons. The molecule has 0 N–H and O–H groups in total. The lowest BCUT2D eigenvalue weighted by atomic mass is 10.1. The van der Waals surface area contributed by atoms with Gasteiger partial charge in [-0.1, -0.05) is 49.4 Å². The summed E-state index contributed by atoms with van der Waals surface area (Å²) in [5.74, 6) is 0. The van der Waals surface area contributed by atoms with Crippen molar-refractivity contribution in [1.29, 1.82) is 0 Å². The highest BCUT2D eigenvalue weighted by molar-refractivity contribution is 6.70. The van der Waals surface area contributed by atoms with Gasteiger partial charge in [0.05, 0.1) is 0 Å². The summed E-state index contributed by atoms with van der Waals surface area (Å²) in [6.45, 7) is 3.78. The smallest absolute Gasteiger partial charge is 0.247 e. The first-order chi connectivity index (χ1) is 9.36. The quantitative estimate of drug-likeness (QED) is 0.570. The summed E-state index contributed by atoms with van der Waals surface area (Å²) in [7, 11) is 0.810. The Morgan fingerprint density at radius 3 is 2.58 bits per heavy atom. The van der Waals surface area contributed by atoms with E-state index in [2.05, 4.69) is 49.4 Å². The van der Waals surface area contributed by atoms with Gasteiger partial charge in [-0.3, -0.25) is 0 Å². The third kappa shape index (κ3) is 3.66. The Kier molecular flexibility index (Phi) is 5.57. The second kappa shape index (κ2) is 7.43. The second-order valence-electron chi connectivity index (χ2n) is 4.50. The lowest BCUT2D eigenvalue weighted by molar-refractivity contribution is 0.172. The normalized spacial score (nSPS) is 11.3. The van der Waals surface area contributed by atoms with Crippen molar-refractivity contribution in [3.05, 3.63) is 42.5 Å². The summed E-state index contributed by atoms with van der Waals surface area (Å²) in [5, 5.41) is 4.03. The lowest BCUT2D eigenvalue weighted by Gasteiger charge is -2.16. The topological polar surface area (TPSA) is 18.5 Å². The van der Waals surface area contributed by atoms with Crippen molar-refractivity contribution < 1.29 is 9.16 Å². The molecule has 0 saturated heterocycles. The molecule has 0 unspecified atom stereocenters. The predicted octanol–water partition coefficient (Wildman–Crippen LogP) is 3.11. The highest BCUT2D eigenvalue weighted by Crippen LogP contribution is 2.13. The summed E-state index contributed by atoms with van der Waals surface area (Å²) < 4.78 is 11.2. The molecular weight excluding hydrogens is 252 g/mol. The number of benzene rings is 2. The van der Waals surface area contributed by atoms with Gasteiger partial charge in [-0.25, -0.2) is 0 Å². The highest BCUT2D eigenvalue weighted by atomic mass is 28.3. The van der Waals surface area contributed by atoms with Gasteiger partial charge < -0.3 is 9.16 Å². The van der Waals surface area contributed by atoms with Crippen LogP contribution in [-0.2, 0) is 9.16 Å². The van der Waals surface area contributed by atoms with E-state index in [4.69, 9.17) is 9.16 Å². The molecule has 3 heteroatoms. The SMILES string of the molecule is CC[Si](OCCCOC)c1cccc2ccccc12. The summed E-state index contributed by atoms with van der Waals surface area (Å²) >= 11 is 0. The van der Waals surface area contributed by atoms with Crippen LogP contribution < -0.4 is 5.19 Å². The number of ether oxygens (including phenoxy) is 1. The Morgan fingerprint density at radius 1 is 1.00 bits per heavy atom. The largest absolute Gasteiger partial charge is 0.412 e. The zero-order valence-electron chi connectivity index (χ0n) is 11.7. The van der Waals surface area contributed by atoms with Crippen LogP contribution in [0.15, 0.2) is 42.5 Å². The molecule has 0 aromatic heterocycles. The van der Waals surface area contributed by atoms with E-state index in [-0.39, 0.29) is 0 Å². The summed E-state index contributed by atoms with van der Waals surface area (Å²) in [6, 6.07) is 16.2. The van der Waals surface area contributed by atoms with E-state index in [0.717, 1.165) is 25.7 Å². The number of rotatable bonds is 7. The second-order valence-corrected chi connectivity index (χ2v) is 6.88. The summed E-state index contributed by atoms with van der Waals surface area (Å²) in [6.07, 6.45) is 0.968. The minimum Gasteiger partial charge on any atom is -0.412 e. The van der Waals surface area contributed by atoms with Crippen LogP contribution in [0.25, 0.3) is 10.8 Å². The van der Waals surface area contributed by atoms with Gasteiger partial charge in [0.15, 0.2) is 0 Å². The summed E-state index contributed by atoms with van der Waals surface area (Å²) in [4.78, 5) is 0. The van der Waals surface area contributed by atoms with Crippen LogP contribution in [0.5, 0.6) is 0 Å². The van der Waals surface area contributed by atoms with E-state index in [1.807, 2.05) is 0 Å². The minimum absolute atomic E-state index is 0.772. The molecule has 0 aliphatic heterocycles. The van der Waals surface area contributed by atoms with Crippen LogP contribution in [0.1, 0.15) is 13.3 Å². The van der Waals surface area contributed by atoms with Crippen LogP contribution in [0.4, 0.5) is 0 Å². The van der Waals surface area contributed by atoms with Crippen LogP contribution in [0.3, 0.4) is 0 Å². The van der Waals surface area contributed by atoms with E-state index < -0.39 is 9.04 Å². The lowest BCUT2D eigenvalue weighted by Crippen LogP contribution is -2.33. The molecule has 1 radical (unpaired) electrons. The van der Waals surface area contributed by atoms with Crippen molar-refractivity contribution in [3.63, 3.8) is 0 Å². The van der Waals surface area contributed by atoms with Crippen molar-refractivity contribution >= 4 is 25.0 Å². The standard InChI is InChI=1S/C16H21O2Si/c1-3-19(18-13-7-12-17-2)16-11-6-9-14-8-4-5-10-15(14)16/h4-6,8-11H,3,7,12-13H2,1-2H3. The Balaban J connectivity index is 2.16. The van der Waals surface area contributed by atoms with E-state index in [1.54, 1.807) is 7.11 Å². The molecule has 0 fully saturated rings.